The predicted molar refractivity (Wildman–Crippen MR) is 91.5 cm³/mol. The first-order valence-electron chi connectivity index (χ1n) is 8.26. The molecule has 1 aliphatic rings. The average Bonchev–Trinajstić information content (AvgIpc) is 3.03. The lowest BCUT2D eigenvalue weighted by Gasteiger charge is -2.37. The number of rotatable bonds is 4. The number of aryl methyl sites for hydroxylation is 1. The van der Waals surface area contributed by atoms with E-state index in [4.69, 9.17) is 0 Å². The molecule has 1 atom stereocenters. The second kappa shape index (κ2) is 6.86. The Hall–Kier alpha value is -2.30. The summed E-state index contributed by atoms with van der Waals surface area (Å²) in [5.41, 5.74) is 2.25. The van der Waals surface area contributed by atoms with Crippen LogP contribution in [0.25, 0.3) is 0 Å². The number of piperazine rings is 1. The first kappa shape index (κ1) is 15.6. The Morgan fingerprint density at radius 2 is 1.87 bits per heavy atom. The smallest absolute Gasteiger partial charge is 0.230 e. The Bertz CT molecular complexity index is 644. The maximum atomic E-state index is 12.9. The van der Waals surface area contributed by atoms with Crippen molar-refractivity contribution in [2.45, 2.75) is 19.3 Å². The third kappa shape index (κ3) is 3.38. The molecule has 0 aliphatic carbocycles. The van der Waals surface area contributed by atoms with E-state index in [9.17, 15) is 4.79 Å². The van der Waals surface area contributed by atoms with Crippen LogP contribution >= 0.6 is 0 Å². The van der Waals surface area contributed by atoms with Crippen molar-refractivity contribution in [2.24, 2.45) is 7.05 Å². The zero-order valence-corrected chi connectivity index (χ0v) is 13.9. The molecule has 2 heterocycles. The van der Waals surface area contributed by atoms with E-state index in [-0.39, 0.29) is 11.8 Å². The van der Waals surface area contributed by atoms with Crippen molar-refractivity contribution >= 4 is 11.6 Å². The van der Waals surface area contributed by atoms with Crippen molar-refractivity contribution in [3.8, 4) is 0 Å². The first-order valence-corrected chi connectivity index (χ1v) is 8.26. The van der Waals surface area contributed by atoms with Crippen molar-refractivity contribution in [3.05, 3.63) is 48.3 Å². The van der Waals surface area contributed by atoms with Crippen LogP contribution in [0.15, 0.2) is 42.7 Å². The molecular formula is C18H24N4O. The van der Waals surface area contributed by atoms with Crippen LogP contribution in [0.2, 0.25) is 0 Å². The molecular weight excluding hydrogens is 288 g/mol. The molecule has 0 radical (unpaired) electrons. The molecule has 1 aliphatic heterocycles. The molecule has 5 heteroatoms. The van der Waals surface area contributed by atoms with Gasteiger partial charge in [0.1, 0.15) is 0 Å². The molecule has 122 valence electrons. The van der Waals surface area contributed by atoms with Crippen LogP contribution in [0, 0.1) is 0 Å². The predicted octanol–water partition coefficient (Wildman–Crippen LogP) is 2.26. The maximum Gasteiger partial charge on any atom is 0.230 e. The van der Waals surface area contributed by atoms with Crippen molar-refractivity contribution in [1.82, 2.24) is 14.7 Å². The summed E-state index contributed by atoms with van der Waals surface area (Å²) in [6, 6.07) is 10.1. The highest BCUT2D eigenvalue weighted by Gasteiger charge is 2.27. The van der Waals surface area contributed by atoms with Gasteiger partial charge in [0.05, 0.1) is 17.8 Å². The third-order valence-electron chi connectivity index (χ3n) is 4.56. The van der Waals surface area contributed by atoms with Crippen molar-refractivity contribution in [1.29, 1.82) is 0 Å². The van der Waals surface area contributed by atoms with Crippen LogP contribution in [-0.4, -0.2) is 46.8 Å². The summed E-state index contributed by atoms with van der Waals surface area (Å²) in [7, 11) is 1.93. The Morgan fingerprint density at radius 1 is 1.17 bits per heavy atom. The number of benzene rings is 1. The summed E-state index contributed by atoms with van der Waals surface area (Å²) >= 11 is 0. The minimum absolute atomic E-state index is 0.0267. The van der Waals surface area contributed by atoms with E-state index in [1.165, 1.54) is 0 Å². The molecule has 1 saturated heterocycles. The van der Waals surface area contributed by atoms with Crippen LogP contribution in [-0.2, 0) is 11.8 Å². The van der Waals surface area contributed by atoms with E-state index in [0.29, 0.717) is 0 Å². The molecule has 1 unspecified atom stereocenters. The SMILES string of the molecule is CCC(C(=O)N1CCN(c2cnn(C)c2)CC1)c1ccccc1. The van der Waals surface area contributed by atoms with E-state index in [1.807, 2.05) is 47.2 Å². The molecule has 1 aromatic heterocycles. The topological polar surface area (TPSA) is 41.4 Å². The van der Waals surface area contributed by atoms with Gasteiger partial charge in [-0.05, 0) is 12.0 Å². The molecule has 3 rings (SSSR count). The quantitative estimate of drug-likeness (QED) is 0.869. The number of hydrogen-bond donors (Lipinski definition) is 0. The number of nitrogens with zero attached hydrogens (tertiary/aromatic N) is 4. The molecule has 0 saturated carbocycles. The van der Waals surface area contributed by atoms with Crippen LogP contribution in [0.3, 0.4) is 0 Å². The zero-order chi connectivity index (χ0) is 16.2. The summed E-state index contributed by atoms with van der Waals surface area (Å²) in [6.07, 6.45) is 4.75. The molecule has 2 aromatic rings. The number of anilines is 1. The van der Waals surface area contributed by atoms with Gasteiger partial charge in [0, 0.05) is 39.4 Å². The van der Waals surface area contributed by atoms with Crippen LogP contribution in [0.4, 0.5) is 5.69 Å². The Balaban J connectivity index is 1.63. The van der Waals surface area contributed by atoms with Gasteiger partial charge in [-0.1, -0.05) is 37.3 Å². The normalized spacial score (nSPS) is 16.4. The number of carbonyl (C=O) groups excluding carboxylic acids is 1. The van der Waals surface area contributed by atoms with Gasteiger partial charge >= 0.3 is 0 Å². The fraction of sp³-hybridized carbons (Fsp3) is 0.444. The average molecular weight is 312 g/mol. The van der Waals surface area contributed by atoms with Gasteiger partial charge in [0.25, 0.3) is 0 Å². The fourth-order valence-corrected chi connectivity index (χ4v) is 3.22. The van der Waals surface area contributed by atoms with Crippen LogP contribution < -0.4 is 4.90 Å². The molecule has 1 aromatic carbocycles. The largest absolute Gasteiger partial charge is 0.365 e. The van der Waals surface area contributed by atoms with E-state index in [0.717, 1.165) is 43.9 Å². The van der Waals surface area contributed by atoms with E-state index in [1.54, 1.807) is 0 Å². The van der Waals surface area contributed by atoms with Gasteiger partial charge in [-0.2, -0.15) is 5.10 Å². The summed E-state index contributed by atoms with van der Waals surface area (Å²) in [6.45, 7) is 5.36. The molecule has 23 heavy (non-hydrogen) atoms. The molecule has 0 bridgehead atoms. The van der Waals surface area contributed by atoms with E-state index >= 15 is 0 Å². The first-order chi connectivity index (χ1) is 11.2. The minimum Gasteiger partial charge on any atom is -0.365 e. The third-order valence-corrected chi connectivity index (χ3v) is 4.56. The second-order valence-electron chi connectivity index (χ2n) is 6.06. The van der Waals surface area contributed by atoms with Crippen molar-refractivity contribution in [3.63, 3.8) is 0 Å². The Morgan fingerprint density at radius 3 is 2.43 bits per heavy atom. The van der Waals surface area contributed by atoms with Gasteiger partial charge in [0.2, 0.25) is 5.91 Å². The van der Waals surface area contributed by atoms with Crippen molar-refractivity contribution < 1.29 is 4.79 Å². The fourth-order valence-electron chi connectivity index (χ4n) is 3.22. The molecule has 1 amide bonds. The highest BCUT2D eigenvalue weighted by Crippen LogP contribution is 2.23. The van der Waals surface area contributed by atoms with Gasteiger partial charge in [0.15, 0.2) is 0 Å². The standard InChI is InChI=1S/C18H24N4O/c1-3-17(15-7-5-4-6-8-15)18(23)22-11-9-21(10-12-22)16-13-19-20(2)14-16/h4-8,13-14,17H,3,9-12H2,1-2H3. The second-order valence-corrected chi connectivity index (χ2v) is 6.06. The summed E-state index contributed by atoms with van der Waals surface area (Å²) < 4.78 is 1.81. The van der Waals surface area contributed by atoms with E-state index < -0.39 is 0 Å². The molecule has 0 N–H and O–H groups in total. The number of aromatic nitrogens is 2. The van der Waals surface area contributed by atoms with E-state index in [2.05, 4.69) is 29.1 Å². The summed E-state index contributed by atoms with van der Waals surface area (Å²) in [5, 5.41) is 4.22. The van der Waals surface area contributed by atoms with Crippen LogP contribution in [0.5, 0.6) is 0 Å². The molecule has 5 nitrogen and oxygen atoms in total. The number of amides is 1. The molecule has 0 spiro atoms. The molecule has 1 fully saturated rings. The highest BCUT2D eigenvalue weighted by atomic mass is 16.2. The van der Waals surface area contributed by atoms with Gasteiger partial charge in [-0.3, -0.25) is 9.48 Å². The Labute approximate surface area is 137 Å². The maximum absolute atomic E-state index is 12.9. The van der Waals surface area contributed by atoms with Gasteiger partial charge < -0.3 is 9.80 Å². The monoisotopic (exact) mass is 312 g/mol. The van der Waals surface area contributed by atoms with Crippen molar-refractivity contribution in [2.75, 3.05) is 31.1 Å². The lowest BCUT2D eigenvalue weighted by atomic mass is 9.95. The number of carbonyl (C=O) groups is 1. The Kier molecular flexibility index (Phi) is 4.65. The van der Waals surface area contributed by atoms with Gasteiger partial charge in [-0.15, -0.1) is 0 Å². The summed E-state index contributed by atoms with van der Waals surface area (Å²) in [4.78, 5) is 17.2. The van der Waals surface area contributed by atoms with Crippen LogP contribution in [0.1, 0.15) is 24.8 Å². The lowest BCUT2D eigenvalue weighted by molar-refractivity contribution is -0.133. The summed E-state index contributed by atoms with van der Waals surface area (Å²) in [5.74, 6) is 0.227. The minimum atomic E-state index is -0.0267. The van der Waals surface area contributed by atoms with Gasteiger partial charge in [-0.25, -0.2) is 0 Å². The zero-order valence-electron chi connectivity index (χ0n) is 13.9. The highest BCUT2D eigenvalue weighted by molar-refractivity contribution is 5.84. The number of hydrogen-bond acceptors (Lipinski definition) is 3. The lowest BCUT2D eigenvalue weighted by Crippen LogP contribution is -2.50.